The van der Waals surface area contributed by atoms with Crippen molar-refractivity contribution in [1.82, 2.24) is 14.7 Å². The Morgan fingerprint density at radius 2 is 2.22 bits per heavy atom. The summed E-state index contributed by atoms with van der Waals surface area (Å²) in [5, 5.41) is 5.12. The van der Waals surface area contributed by atoms with E-state index in [1.807, 2.05) is 14.0 Å². The maximum absolute atomic E-state index is 6.30. The van der Waals surface area contributed by atoms with E-state index in [9.17, 15) is 0 Å². The van der Waals surface area contributed by atoms with Gasteiger partial charge in [-0.15, -0.1) is 0 Å². The number of rotatable bonds is 3. The second kappa shape index (κ2) is 5.59. The highest BCUT2D eigenvalue weighted by atomic mass is 35.5. The normalized spacial score (nSPS) is 25.6. The third-order valence-electron chi connectivity index (χ3n) is 4.10. The van der Waals surface area contributed by atoms with Crippen LogP contribution in [0.2, 0.25) is 5.15 Å². The van der Waals surface area contributed by atoms with E-state index < -0.39 is 0 Å². The van der Waals surface area contributed by atoms with Gasteiger partial charge in [0.1, 0.15) is 5.15 Å². The van der Waals surface area contributed by atoms with E-state index in [4.69, 9.17) is 17.3 Å². The summed E-state index contributed by atoms with van der Waals surface area (Å²) in [6.45, 7) is 7.01. The van der Waals surface area contributed by atoms with Gasteiger partial charge in [-0.05, 0) is 32.2 Å². The van der Waals surface area contributed by atoms with E-state index in [1.165, 1.54) is 12.8 Å². The molecule has 0 radical (unpaired) electrons. The zero-order valence-electron chi connectivity index (χ0n) is 11.5. The van der Waals surface area contributed by atoms with Gasteiger partial charge in [-0.3, -0.25) is 9.58 Å². The first-order valence-electron chi connectivity index (χ1n) is 6.66. The molecule has 0 bridgehead atoms. The highest BCUT2D eigenvalue weighted by molar-refractivity contribution is 6.30. The van der Waals surface area contributed by atoms with Crippen molar-refractivity contribution in [3.05, 3.63) is 16.4 Å². The smallest absolute Gasteiger partial charge is 0.131 e. The molecule has 2 N–H and O–H groups in total. The van der Waals surface area contributed by atoms with Crippen molar-refractivity contribution >= 4 is 11.6 Å². The molecule has 2 heterocycles. The van der Waals surface area contributed by atoms with Crippen molar-refractivity contribution in [2.24, 2.45) is 18.7 Å². The molecule has 1 aliphatic rings. The van der Waals surface area contributed by atoms with Crippen LogP contribution in [0.4, 0.5) is 0 Å². The van der Waals surface area contributed by atoms with Crippen LogP contribution in [0.5, 0.6) is 0 Å². The maximum Gasteiger partial charge on any atom is 0.131 e. The largest absolute Gasteiger partial charge is 0.329 e. The van der Waals surface area contributed by atoms with Crippen molar-refractivity contribution in [1.29, 1.82) is 0 Å². The number of nitrogens with two attached hydrogens (primary N) is 1. The highest BCUT2D eigenvalue weighted by Gasteiger charge is 2.28. The molecular weight excluding hydrogens is 248 g/mol. The molecule has 1 aromatic heterocycles. The first-order valence-corrected chi connectivity index (χ1v) is 7.04. The molecule has 1 fully saturated rings. The fourth-order valence-electron chi connectivity index (χ4n) is 2.97. The highest BCUT2D eigenvalue weighted by Crippen LogP contribution is 2.27. The Balaban J connectivity index is 2.16. The lowest BCUT2D eigenvalue weighted by Crippen LogP contribution is -2.48. The van der Waals surface area contributed by atoms with Gasteiger partial charge in [0.15, 0.2) is 0 Å². The van der Waals surface area contributed by atoms with E-state index >= 15 is 0 Å². The zero-order valence-corrected chi connectivity index (χ0v) is 12.2. The second-order valence-electron chi connectivity index (χ2n) is 5.37. The Hall–Kier alpha value is -0.580. The van der Waals surface area contributed by atoms with E-state index in [1.54, 1.807) is 4.68 Å². The van der Waals surface area contributed by atoms with Crippen LogP contribution in [0.15, 0.2) is 0 Å². The van der Waals surface area contributed by atoms with Gasteiger partial charge in [-0.1, -0.05) is 18.5 Å². The molecule has 2 unspecified atom stereocenters. The van der Waals surface area contributed by atoms with Crippen molar-refractivity contribution in [2.75, 3.05) is 13.1 Å². The zero-order chi connectivity index (χ0) is 13.3. The third-order valence-corrected chi connectivity index (χ3v) is 4.58. The molecule has 4 nitrogen and oxygen atoms in total. The first kappa shape index (κ1) is 13.8. The molecule has 0 aromatic carbocycles. The number of piperidine rings is 1. The van der Waals surface area contributed by atoms with Crippen LogP contribution in [-0.2, 0) is 13.6 Å². The monoisotopic (exact) mass is 270 g/mol. The Bertz CT molecular complexity index is 415. The van der Waals surface area contributed by atoms with Gasteiger partial charge in [-0.25, -0.2) is 0 Å². The minimum atomic E-state index is 0.467. The minimum absolute atomic E-state index is 0.467. The van der Waals surface area contributed by atoms with Crippen LogP contribution in [0, 0.1) is 12.8 Å². The molecule has 18 heavy (non-hydrogen) atoms. The van der Waals surface area contributed by atoms with E-state index in [0.29, 0.717) is 12.0 Å². The lowest BCUT2D eigenvalue weighted by Gasteiger charge is -2.39. The number of hydrogen-bond acceptors (Lipinski definition) is 3. The molecule has 0 amide bonds. The van der Waals surface area contributed by atoms with Crippen LogP contribution < -0.4 is 5.73 Å². The molecule has 1 aliphatic heterocycles. The van der Waals surface area contributed by atoms with Crippen molar-refractivity contribution in [2.45, 2.75) is 39.3 Å². The SMILES string of the molecule is Cc1nn(C)c(Cl)c1CN1CCCC(C)C1CN. The van der Waals surface area contributed by atoms with Gasteiger partial charge in [0, 0.05) is 31.7 Å². The Labute approximate surface area is 114 Å². The second-order valence-corrected chi connectivity index (χ2v) is 5.73. The van der Waals surface area contributed by atoms with Crippen LogP contribution in [0.3, 0.4) is 0 Å². The first-order chi connectivity index (χ1) is 8.54. The van der Waals surface area contributed by atoms with Crippen molar-refractivity contribution in [3.63, 3.8) is 0 Å². The van der Waals surface area contributed by atoms with Gasteiger partial charge in [0.2, 0.25) is 0 Å². The Morgan fingerprint density at radius 3 is 2.78 bits per heavy atom. The molecule has 2 atom stereocenters. The van der Waals surface area contributed by atoms with Gasteiger partial charge >= 0.3 is 0 Å². The van der Waals surface area contributed by atoms with Crippen molar-refractivity contribution in [3.8, 4) is 0 Å². The summed E-state index contributed by atoms with van der Waals surface area (Å²) < 4.78 is 1.75. The van der Waals surface area contributed by atoms with Crippen LogP contribution >= 0.6 is 11.6 Å². The van der Waals surface area contributed by atoms with Gasteiger partial charge in [0.05, 0.1) is 5.69 Å². The number of hydrogen-bond donors (Lipinski definition) is 1. The van der Waals surface area contributed by atoms with Crippen LogP contribution in [0.25, 0.3) is 0 Å². The summed E-state index contributed by atoms with van der Waals surface area (Å²) in [4.78, 5) is 2.46. The molecule has 0 spiro atoms. The van der Waals surface area contributed by atoms with Crippen LogP contribution in [0.1, 0.15) is 31.0 Å². The number of nitrogens with zero attached hydrogens (tertiary/aromatic N) is 3. The Kier molecular flexibility index (Phi) is 4.30. The lowest BCUT2D eigenvalue weighted by molar-refractivity contribution is 0.0989. The topological polar surface area (TPSA) is 47.1 Å². The molecule has 0 saturated carbocycles. The maximum atomic E-state index is 6.30. The van der Waals surface area contributed by atoms with E-state index in [0.717, 1.165) is 36.0 Å². The van der Waals surface area contributed by atoms with Crippen LogP contribution in [-0.4, -0.2) is 33.8 Å². The Morgan fingerprint density at radius 1 is 1.50 bits per heavy atom. The summed E-state index contributed by atoms with van der Waals surface area (Å²) in [7, 11) is 1.89. The average Bonchev–Trinajstić information content (AvgIpc) is 2.56. The lowest BCUT2D eigenvalue weighted by atomic mass is 9.90. The molecule has 1 saturated heterocycles. The van der Waals surface area contributed by atoms with Gasteiger partial charge in [0.25, 0.3) is 0 Å². The number of likely N-dealkylation sites (tertiary alicyclic amines) is 1. The fraction of sp³-hybridized carbons (Fsp3) is 0.769. The van der Waals surface area contributed by atoms with Gasteiger partial charge < -0.3 is 5.73 Å². The summed E-state index contributed by atoms with van der Waals surface area (Å²) >= 11 is 6.30. The predicted molar refractivity (Wildman–Crippen MR) is 74.6 cm³/mol. The number of aryl methyl sites for hydroxylation is 2. The van der Waals surface area contributed by atoms with Crippen molar-refractivity contribution < 1.29 is 0 Å². The summed E-state index contributed by atoms with van der Waals surface area (Å²) in [5.74, 6) is 0.666. The van der Waals surface area contributed by atoms with E-state index in [-0.39, 0.29) is 0 Å². The van der Waals surface area contributed by atoms with Gasteiger partial charge in [-0.2, -0.15) is 5.10 Å². The van der Waals surface area contributed by atoms with E-state index in [2.05, 4.69) is 16.9 Å². The summed E-state index contributed by atoms with van der Waals surface area (Å²) in [6, 6.07) is 0.467. The summed E-state index contributed by atoms with van der Waals surface area (Å²) in [6.07, 6.45) is 2.52. The fourth-order valence-corrected chi connectivity index (χ4v) is 3.20. The average molecular weight is 271 g/mol. The molecule has 0 aliphatic carbocycles. The molecular formula is C13H23ClN4. The number of aromatic nitrogens is 2. The summed E-state index contributed by atoms with van der Waals surface area (Å²) in [5.41, 5.74) is 8.09. The number of halogens is 1. The molecule has 1 aromatic rings. The minimum Gasteiger partial charge on any atom is -0.329 e. The molecule has 2 rings (SSSR count). The third kappa shape index (κ3) is 2.56. The standard InChI is InChI=1S/C13H23ClN4/c1-9-5-4-6-18(12(9)7-15)8-11-10(2)16-17(3)13(11)14/h9,12H,4-8,15H2,1-3H3. The molecule has 5 heteroatoms. The molecule has 102 valence electrons. The quantitative estimate of drug-likeness (QED) is 0.913. The predicted octanol–water partition coefficient (Wildman–Crippen LogP) is 1.94.